The maximum atomic E-state index is 11.1. The molecule has 1 fully saturated rings. The minimum Gasteiger partial charge on any atom is -0.120 e. The van der Waals surface area contributed by atoms with Crippen LogP contribution in [0.15, 0.2) is 0 Å². The van der Waals surface area contributed by atoms with Gasteiger partial charge in [-0.1, -0.05) is 12.8 Å². The van der Waals surface area contributed by atoms with Crippen molar-refractivity contribution in [1.82, 2.24) is 0 Å². The van der Waals surface area contributed by atoms with Crippen LogP contribution in [0.3, 0.4) is 0 Å². The Kier molecular flexibility index (Phi) is 5.18. The molecule has 3 nitrogen and oxygen atoms in total. The Morgan fingerprint density at radius 2 is 2.15 bits per heavy atom. The van der Waals surface area contributed by atoms with Gasteiger partial charge in [0.15, 0.2) is 0 Å². The summed E-state index contributed by atoms with van der Waals surface area (Å²) in [6, 6.07) is 0. The Bertz CT molecular complexity index is 177. The van der Waals surface area contributed by atoms with E-state index in [4.69, 9.17) is 20.6 Å². The maximum absolute atomic E-state index is 11.1. The van der Waals surface area contributed by atoms with Crippen molar-refractivity contribution in [3.8, 4) is 0 Å². The first-order valence-corrected chi connectivity index (χ1v) is 6.18. The number of halogens is 1. The lowest BCUT2D eigenvalue weighted by molar-refractivity contribution is 0.136. The Hall–Kier alpha value is 0.310. The van der Waals surface area contributed by atoms with Gasteiger partial charge in [0.2, 0.25) is 0 Å². The van der Waals surface area contributed by atoms with Gasteiger partial charge in [0, 0.05) is 4.57 Å². The van der Waals surface area contributed by atoms with Crippen molar-refractivity contribution in [2.24, 2.45) is 0 Å². The van der Waals surface area contributed by atoms with Crippen LogP contribution in [0.5, 0.6) is 0 Å². The molecule has 3 atom stereocenters. The fourth-order valence-electron chi connectivity index (χ4n) is 1.42. The SMILES string of the molecule is CCO[P+](=O)OC1CCCCC1Cl. The zero-order chi connectivity index (χ0) is 9.68. The molecule has 0 amide bonds. The van der Waals surface area contributed by atoms with Crippen molar-refractivity contribution >= 4 is 19.9 Å². The molecular formula is C8H15ClO3P+. The second-order valence-electron chi connectivity index (χ2n) is 3.09. The van der Waals surface area contributed by atoms with E-state index in [9.17, 15) is 4.57 Å². The van der Waals surface area contributed by atoms with Crippen LogP contribution in [0.25, 0.3) is 0 Å². The Balaban J connectivity index is 2.29. The molecule has 1 saturated carbocycles. The van der Waals surface area contributed by atoms with Crippen molar-refractivity contribution in [2.45, 2.75) is 44.1 Å². The topological polar surface area (TPSA) is 35.5 Å². The molecule has 0 spiro atoms. The van der Waals surface area contributed by atoms with Crippen molar-refractivity contribution in [1.29, 1.82) is 0 Å². The molecule has 1 aliphatic rings. The molecule has 5 heteroatoms. The fourth-order valence-corrected chi connectivity index (χ4v) is 2.57. The van der Waals surface area contributed by atoms with Crippen LogP contribution in [0, 0.1) is 0 Å². The van der Waals surface area contributed by atoms with Gasteiger partial charge in [-0.25, -0.2) is 0 Å². The van der Waals surface area contributed by atoms with Gasteiger partial charge in [-0.15, -0.1) is 20.6 Å². The van der Waals surface area contributed by atoms with Gasteiger partial charge < -0.3 is 0 Å². The van der Waals surface area contributed by atoms with Crippen LogP contribution in [0.1, 0.15) is 32.6 Å². The summed E-state index contributed by atoms with van der Waals surface area (Å²) >= 11 is 6.02. The van der Waals surface area contributed by atoms with Crippen molar-refractivity contribution < 1.29 is 13.6 Å². The summed E-state index contributed by atoms with van der Waals surface area (Å²) in [5.74, 6) is 0. The van der Waals surface area contributed by atoms with Gasteiger partial charge in [0.25, 0.3) is 0 Å². The number of hydrogen-bond acceptors (Lipinski definition) is 3. The zero-order valence-corrected chi connectivity index (χ0v) is 9.39. The molecule has 3 unspecified atom stereocenters. The molecule has 0 aromatic rings. The van der Waals surface area contributed by atoms with Crippen LogP contribution < -0.4 is 0 Å². The first kappa shape index (κ1) is 11.4. The van der Waals surface area contributed by atoms with Gasteiger partial charge in [0.1, 0.15) is 12.7 Å². The Morgan fingerprint density at radius 1 is 1.46 bits per heavy atom. The lowest BCUT2D eigenvalue weighted by Crippen LogP contribution is -2.26. The lowest BCUT2D eigenvalue weighted by Gasteiger charge is -2.21. The highest BCUT2D eigenvalue weighted by atomic mass is 35.5. The van der Waals surface area contributed by atoms with E-state index in [-0.39, 0.29) is 11.5 Å². The van der Waals surface area contributed by atoms with Crippen LogP contribution >= 0.6 is 19.9 Å². The number of rotatable bonds is 4. The summed E-state index contributed by atoms with van der Waals surface area (Å²) in [4.78, 5) is 0. The fraction of sp³-hybridized carbons (Fsp3) is 1.00. The predicted molar refractivity (Wildman–Crippen MR) is 52.2 cm³/mol. The van der Waals surface area contributed by atoms with Gasteiger partial charge in [-0.2, -0.15) is 0 Å². The highest BCUT2D eigenvalue weighted by Gasteiger charge is 2.33. The highest BCUT2D eigenvalue weighted by molar-refractivity contribution is 7.33. The first-order valence-electron chi connectivity index (χ1n) is 4.65. The predicted octanol–water partition coefficient (Wildman–Crippen LogP) is 3.25. The lowest BCUT2D eigenvalue weighted by atomic mass is 9.97. The maximum Gasteiger partial charge on any atom is 0.697 e. The molecule has 0 saturated heterocycles. The van der Waals surface area contributed by atoms with Crippen molar-refractivity contribution in [2.75, 3.05) is 6.61 Å². The van der Waals surface area contributed by atoms with Crippen molar-refractivity contribution in [3.63, 3.8) is 0 Å². The third-order valence-corrected chi connectivity index (χ3v) is 3.49. The summed E-state index contributed by atoms with van der Waals surface area (Å²) < 4.78 is 21.1. The molecule has 0 heterocycles. The molecule has 0 radical (unpaired) electrons. The Morgan fingerprint density at radius 3 is 2.77 bits per heavy atom. The summed E-state index contributed by atoms with van der Waals surface area (Å²) in [6.45, 7) is 2.20. The zero-order valence-electron chi connectivity index (χ0n) is 7.74. The minimum atomic E-state index is -1.96. The number of hydrogen-bond donors (Lipinski definition) is 0. The van der Waals surface area contributed by atoms with E-state index < -0.39 is 8.25 Å². The molecule has 13 heavy (non-hydrogen) atoms. The molecule has 76 valence electrons. The molecule has 0 aromatic heterocycles. The first-order chi connectivity index (χ1) is 6.24. The highest BCUT2D eigenvalue weighted by Crippen LogP contribution is 2.34. The molecule has 1 aliphatic carbocycles. The smallest absolute Gasteiger partial charge is 0.120 e. The molecule has 0 aromatic carbocycles. The summed E-state index contributed by atoms with van der Waals surface area (Å²) in [5, 5.41) is -0.00634. The van der Waals surface area contributed by atoms with E-state index in [0.29, 0.717) is 6.61 Å². The van der Waals surface area contributed by atoms with E-state index in [2.05, 4.69) is 0 Å². The van der Waals surface area contributed by atoms with Crippen LogP contribution in [-0.4, -0.2) is 18.1 Å². The molecule has 0 bridgehead atoms. The standard InChI is InChI=1S/C8H15ClO3P/c1-2-11-13(10)12-8-6-4-3-5-7(8)9/h7-8H,2-6H2,1H3/q+1. The van der Waals surface area contributed by atoms with E-state index >= 15 is 0 Å². The largest absolute Gasteiger partial charge is 0.697 e. The molecule has 0 N–H and O–H groups in total. The van der Waals surface area contributed by atoms with Crippen LogP contribution in [0.4, 0.5) is 0 Å². The second-order valence-corrected chi connectivity index (χ2v) is 4.56. The molecular weight excluding hydrogens is 211 g/mol. The molecule has 0 aliphatic heterocycles. The Labute approximate surface area is 84.7 Å². The van der Waals surface area contributed by atoms with Gasteiger partial charge in [-0.3, -0.25) is 0 Å². The van der Waals surface area contributed by atoms with E-state index in [1.165, 1.54) is 0 Å². The number of alkyl halides is 1. The average Bonchev–Trinajstić information content (AvgIpc) is 2.09. The van der Waals surface area contributed by atoms with Crippen molar-refractivity contribution in [3.05, 3.63) is 0 Å². The monoisotopic (exact) mass is 225 g/mol. The minimum absolute atomic E-state index is 0.00634. The van der Waals surface area contributed by atoms with Crippen LogP contribution in [-0.2, 0) is 13.6 Å². The van der Waals surface area contributed by atoms with Crippen LogP contribution in [0.2, 0.25) is 0 Å². The quantitative estimate of drug-likeness (QED) is 0.544. The average molecular weight is 226 g/mol. The summed E-state index contributed by atoms with van der Waals surface area (Å²) in [7, 11) is -1.96. The van der Waals surface area contributed by atoms with Gasteiger partial charge >= 0.3 is 8.25 Å². The normalized spacial score (nSPS) is 30.2. The summed E-state index contributed by atoms with van der Waals surface area (Å²) in [6.07, 6.45) is 3.98. The third-order valence-electron chi connectivity index (χ3n) is 2.08. The van der Waals surface area contributed by atoms with Gasteiger partial charge in [-0.05, 0) is 19.8 Å². The van der Waals surface area contributed by atoms with E-state index in [1.807, 2.05) is 0 Å². The summed E-state index contributed by atoms with van der Waals surface area (Å²) in [5.41, 5.74) is 0. The van der Waals surface area contributed by atoms with E-state index in [1.54, 1.807) is 6.92 Å². The van der Waals surface area contributed by atoms with Gasteiger partial charge in [0.05, 0.1) is 5.38 Å². The van der Waals surface area contributed by atoms with E-state index in [0.717, 1.165) is 25.7 Å². The second kappa shape index (κ2) is 5.92. The molecule has 1 rings (SSSR count). The third kappa shape index (κ3) is 3.90.